The second kappa shape index (κ2) is 8.09. The minimum atomic E-state index is -0.621. The molecular formula is C20H17FN2O3S. The molecule has 3 rings (SSSR count). The first-order chi connectivity index (χ1) is 12.9. The van der Waals surface area contributed by atoms with Crippen molar-refractivity contribution in [2.45, 2.75) is 13.8 Å². The molecule has 1 heterocycles. The summed E-state index contributed by atoms with van der Waals surface area (Å²) >= 11 is 1.21. The van der Waals surface area contributed by atoms with Crippen LogP contribution in [-0.2, 0) is 9.53 Å². The molecule has 0 atom stereocenters. The van der Waals surface area contributed by atoms with Gasteiger partial charge in [-0.15, -0.1) is 11.3 Å². The van der Waals surface area contributed by atoms with Gasteiger partial charge in [-0.1, -0.05) is 36.4 Å². The molecule has 27 heavy (non-hydrogen) atoms. The average Bonchev–Trinajstić information content (AvgIpc) is 3.05. The lowest BCUT2D eigenvalue weighted by atomic mass is 10.1. The predicted molar refractivity (Wildman–Crippen MR) is 102 cm³/mol. The van der Waals surface area contributed by atoms with Crippen molar-refractivity contribution in [3.05, 3.63) is 69.8 Å². The number of carbonyl (C=O) groups is 2. The Morgan fingerprint density at radius 2 is 1.89 bits per heavy atom. The number of thiazole rings is 1. The molecule has 7 heteroatoms. The standard InChI is InChI=1S/C20H17FN2O3S/c1-12-8-9-15(10-16(12)21)23-17(24)11-26-20(25)19-18(22-13(2)27-19)14-6-4-3-5-7-14/h3-10H,11H2,1-2H3,(H,23,24). The first-order valence-corrected chi connectivity index (χ1v) is 9.01. The van der Waals surface area contributed by atoms with Crippen LogP contribution in [0.5, 0.6) is 0 Å². The monoisotopic (exact) mass is 384 g/mol. The molecule has 0 unspecified atom stereocenters. The highest BCUT2D eigenvalue weighted by molar-refractivity contribution is 7.14. The number of halogens is 1. The molecule has 0 fully saturated rings. The molecule has 1 amide bonds. The number of amides is 1. The maximum atomic E-state index is 13.5. The van der Waals surface area contributed by atoms with Gasteiger partial charge in [0.05, 0.1) is 10.7 Å². The molecule has 3 aromatic rings. The van der Waals surface area contributed by atoms with Crippen LogP contribution in [0.25, 0.3) is 11.3 Å². The molecule has 0 bridgehead atoms. The largest absolute Gasteiger partial charge is 0.451 e. The van der Waals surface area contributed by atoms with Crippen molar-refractivity contribution in [2.75, 3.05) is 11.9 Å². The van der Waals surface area contributed by atoms with Gasteiger partial charge in [0.1, 0.15) is 10.7 Å². The Bertz CT molecular complexity index is 986. The van der Waals surface area contributed by atoms with E-state index in [0.29, 0.717) is 21.8 Å². The molecule has 138 valence electrons. The van der Waals surface area contributed by atoms with Gasteiger partial charge in [0.2, 0.25) is 0 Å². The van der Waals surface area contributed by atoms with Gasteiger partial charge < -0.3 is 10.1 Å². The smallest absolute Gasteiger partial charge is 0.351 e. The van der Waals surface area contributed by atoms with Gasteiger partial charge in [0.15, 0.2) is 6.61 Å². The lowest BCUT2D eigenvalue weighted by Crippen LogP contribution is -2.21. The van der Waals surface area contributed by atoms with E-state index in [9.17, 15) is 14.0 Å². The van der Waals surface area contributed by atoms with E-state index >= 15 is 0 Å². The van der Waals surface area contributed by atoms with Gasteiger partial charge in [0, 0.05) is 11.3 Å². The van der Waals surface area contributed by atoms with E-state index in [1.807, 2.05) is 30.3 Å². The highest BCUT2D eigenvalue weighted by Crippen LogP contribution is 2.28. The number of esters is 1. The van der Waals surface area contributed by atoms with Crippen LogP contribution in [0.4, 0.5) is 10.1 Å². The SMILES string of the molecule is Cc1nc(-c2ccccc2)c(C(=O)OCC(=O)Nc2ccc(C)c(F)c2)s1. The lowest BCUT2D eigenvalue weighted by Gasteiger charge is -2.07. The summed E-state index contributed by atoms with van der Waals surface area (Å²) in [5.41, 5.74) is 2.11. The number of aryl methyl sites for hydroxylation is 2. The molecule has 5 nitrogen and oxygen atoms in total. The normalized spacial score (nSPS) is 10.5. The summed E-state index contributed by atoms with van der Waals surface area (Å²) in [6.45, 7) is 2.95. The maximum Gasteiger partial charge on any atom is 0.351 e. The van der Waals surface area contributed by atoms with Gasteiger partial charge in [-0.2, -0.15) is 0 Å². The Labute approximate surface area is 159 Å². The summed E-state index contributed by atoms with van der Waals surface area (Å²) in [6.07, 6.45) is 0. The van der Waals surface area contributed by atoms with Crippen molar-refractivity contribution in [2.24, 2.45) is 0 Å². The van der Waals surface area contributed by atoms with E-state index < -0.39 is 24.3 Å². The third-order valence-electron chi connectivity index (χ3n) is 3.76. The van der Waals surface area contributed by atoms with Crippen LogP contribution in [0.3, 0.4) is 0 Å². The lowest BCUT2D eigenvalue weighted by molar-refractivity contribution is -0.119. The molecule has 0 saturated carbocycles. The van der Waals surface area contributed by atoms with Crippen LogP contribution in [0.15, 0.2) is 48.5 Å². The molecule has 2 aromatic carbocycles. The quantitative estimate of drug-likeness (QED) is 0.664. The molecule has 0 radical (unpaired) electrons. The zero-order valence-electron chi connectivity index (χ0n) is 14.8. The van der Waals surface area contributed by atoms with Gasteiger partial charge in [-0.3, -0.25) is 4.79 Å². The zero-order chi connectivity index (χ0) is 19.4. The molecule has 0 aliphatic carbocycles. The Kier molecular flexibility index (Phi) is 5.61. The molecule has 1 aromatic heterocycles. The van der Waals surface area contributed by atoms with Crippen molar-refractivity contribution in [3.63, 3.8) is 0 Å². The second-order valence-corrected chi connectivity index (χ2v) is 7.07. The molecule has 0 aliphatic heterocycles. The fourth-order valence-corrected chi connectivity index (χ4v) is 3.26. The maximum absolute atomic E-state index is 13.5. The third kappa shape index (κ3) is 4.57. The summed E-state index contributed by atoms with van der Waals surface area (Å²) < 4.78 is 18.6. The van der Waals surface area contributed by atoms with Crippen LogP contribution < -0.4 is 5.32 Å². The zero-order valence-corrected chi connectivity index (χ0v) is 15.6. The first-order valence-electron chi connectivity index (χ1n) is 8.20. The van der Waals surface area contributed by atoms with Gasteiger partial charge >= 0.3 is 5.97 Å². The van der Waals surface area contributed by atoms with E-state index in [-0.39, 0.29) is 0 Å². The Balaban J connectivity index is 1.66. The van der Waals surface area contributed by atoms with Gasteiger partial charge in [-0.25, -0.2) is 14.2 Å². The van der Waals surface area contributed by atoms with Crippen LogP contribution in [-0.4, -0.2) is 23.5 Å². The van der Waals surface area contributed by atoms with Crippen molar-refractivity contribution in [3.8, 4) is 11.3 Å². The number of hydrogen-bond acceptors (Lipinski definition) is 5. The number of nitrogens with zero attached hydrogens (tertiary/aromatic N) is 1. The summed E-state index contributed by atoms with van der Waals surface area (Å²) in [7, 11) is 0. The molecule has 0 aliphatic rings. The molecule has 0 spiro atoms. The van der Waals surface area contributed by atoms with E-state index in [1.165, 1.54) is 17.4 Å². The Morgan fingerprint density at radius 1 is 1.15 bits per heavy atom. The number of hydrogen-bond donors (Lipinski definition) is 1. The second-order valence-electron chi connectivity index (χ2n) is 5.86. The van der Waals surface area contributed by atoms with Gasteiger partial charge in [-0.05, 0) is 31.5 Å². The number of benzene rings is 2. The summed E-state index contributed by atoms with van der Waals surface area (Å²) in [5, 5.41) is 3.22. The summed E-state index contributed by atoms with van der Waals surface area (Å²) in [5.74, 6) is -1.59. The van der Waals surface area contributed by atoms with Crippen molar-refractivity contribution in [1.29, 1.82) is 0 Å². The fourth-order valence-electron chi connectivity index (χ4n) is 2.42. The first kappa shape index (κ1) is 18.7. The average molecular weight is 384 g/mol. The number of aromatic nitrogens is 1. The number of anilines is 1. The predicted octanol–water partition coefficient (Wildman–Crippen LogP) is 4.36. The third-order valence-corrected chi connectivity index (χ3v) is 4.71. The van der Waals surface area contributed by atoms with Crippen molar-refractivity contribution >= 4 is 28.9 Å². The van der Waals surface area contributed by atoms with Crippen molar-refractivity contribution in [1.82, 2.24) is 4.98 Å². The van der Waals surface area contributed by atoms with E-state index in [4.69, 9.17) is 4.74 Å². The summed E-state index contributed by atoms with van der Waals surface area (Å²) in [6, 6.07) is 13.6. The number of nitrogens with one attached hydrogen (secondary N) is 1. The number of carbonyl (C=O) groups excluding carboxylic acids is 2. The minimum absolute atomic E-state index is 0.303. The molecule has 0 saturated heterocycles. The van der Waals surface area contributed by atoms with Crippen LogP contribution >= 0.6 is 11.3 Å². The summed E-state index contributed by atoms with van der Waals surface area (Å²) in [4.78, 5) is 29.1. The molecular weight excluding hydrogens is 367 g/mol. The van der Waals surface area contributed by atoms with E-state index in [1.54, 1.807) is 26.0 Å². The number of ether oxygens (including phenoxy) is 1. The van der Waals surface area contributed by atoms with Crippen molar-refractivity contribution < 1.29 is 18.7 Å². The van der Waals surface area contributed by atoms with E-state index in [0.717, 1.165) is 10.6 Å². The van der Waals surface area contributed by atoms with Crippen LogP contribution in [0.1, 0.15) is 20.2 Å². The van der Waals surface area contributed by atoms with E-state index in [2.05, 4.69) is 10.3 Å². The Morgan fingerprint density at radius 3 is 2.59 bits per heavy atom. The minimum Gasteiger partial charge on any atom is -0.451 e. The highest BCUT2D eigenvalue weighted by atomic mass is 32.1. The topological polar surface area (TPSA) is 68.3 Å². The highest BCUT2D eigenvalue weighted by Gasteiger charge is 2.20. The fraction of sp³-hybridized carbons (Fsp3) is 0.150. The van der Waals surface area contributed by atoms with Gasteiger partial charge in [0.25, 0.3) is 5.91 Å². The van der Waals surface area contributed by atoms with Crippen LogP contribution in [0, 0.1) is 19.7 Å². The molecule has 1 N–H and O–H groups in total. The Hall–Kier alpha value is -3.06. The van der Waals surface area contributed by atoms with Crippen LogP contribution in [0.2, 0.25) is 0 Å². The number of rotatable bonds is 5.